The van der Waals surface area contributed by atoms with Crippen LogP contribution in [0.3, 0.4) is 0 Å². The fourth-order valence-corrected chi connectivity index (χ4v) is 5.25. The first-order chi connectivity index (χ1) is 20.4. The number of likely N-dealkylation sites (tertiary alicyclic amines) is 1. The minimum atomic E-state index is -1.11. The number of hydrogen-bond acceptors (Lipinski definition) is 7. The van der Waals surface area contributed by atoms with Gasteiger partial charge in [-0.25, -0.2) is 4.79 Å². The van der Waals surface area contributed by atoms with E-state index >= 15 is 0 Å². The van der Waals surface area contributed by atoms with E-state index in [-0.39, 0.29) is 18.9 Å². The van der Waals surface area contributed by atoms with Crippen molar-refractivity contribution in [1.29, 1.82) is 0 Å². The summed E-state index contributed by atoms with van der Waals surface area (Å²) < 4.78 is 0. The largest absolute Gasteiger partial charge is 0.480 e. The van der Waals surface area contributed by atoms with Crippen molar-refractivity contribution in [3.8, 4) is 0 Å². The van der Waals surface area contributed by atoms with E-state index in [9.17, 15) is 29.1 Å². The van der Waals surface area contributed by atoms with Crippen LogP contribution in [0.15, 0.2) is 30.5 Å². The number of nitrogens with one attached hydrogen (secondary N) is 4. The monoisotopic (exact) mass is 599 g/mol. The highest BCUT2D eigenvalue weighted by atomic mass is 16.4. The second-order valence-electron chi connectivity index (χ2n) is 11.5. The van der Waals surface area contributed by atoms with E-state index in [2.05, 4.69) is 20.9 Å². The number of nitrogens with two attached hydrogens (primary N) is 2. The fraction of sp³-hybridized carbons (Fsp3) is 0.567. The standard InChI is InChI=1S/C30H45N7O6/c1-17(2)25(32)28(40)35-22(11-6-7-13-31)26(38)36-23(15-19-16-33-21-10-5-4-9-20(19)21)27(39)34-18(3)29(41)37-14-8-12-24(37)30(42)43/h4-5,9-10,16-18,22-25,33H,6-8,11-15,31-32H2,1-3H3,(H,34,39)(H,35,40)(H,36,38)(H,42,43)/t18-,22-,23-,24-,25-/m0/s1. The van der Waals surface area contributed by atoms with Crippen molar-refractivity contribution in [2.45, 2.75) is 89.5 Å². The van der Waals surface area contributed by atoms with E-state index in [1.165, 1.54) is 11.8 Å². The molecule has 0 radical (unpaired) electrons. The van der Waals surface area contributed by atoms with E-state index in [1.807, 2.05) is 24.3 Å². The molecule has 0 saturated carbocycles. The van der Waals surface area contributed by atoms with Crippen LogP contribution in [-0.4, -0.2) is 87.9 Å². The summed E-state index contributed by atoms with van der Waals surface area (Å²) in [5, 5.41) is 18.6. The van der Waals surface area contributed by atoms with Gasteiger partial charge < -0.3 is 42.4 Å². The van der Waals surface area contributed by atoms with Gasteiger partial charge in [0.1, 0.15) is 24.2 Å². The summed E-state index contributed by atoms with van der Waals surface area (Å²) in [6.07, 6.45) is 4.26. The van der Waals surface area contributed by atoms with Gasteiger partial charge in [0.05, 0.1) is 6.04 Å². The summed E-state index contributed by atoms with van der Waals surface area (Å²) in [7, 11) is 0. The number of carboxylic acid groups (broad SMARTS) is 1. The number of nitrogens with zero attached hydrogens (tertiary/aromatic N) is 1. The maximum absolute atomic E-state index is 13.6. The second-order valence-corrected chi connectivity index (χ2v) is 11.5. The Kier molecular flexibility index (Phi) is 12.1. The molecule has 1 aromatic carbocycles. The molecule has 0 bridgehead atoms. The number of para-hydroxylation sites is 1. The number of amides is 4. The van der Waals surface area contributed by atoms with Gasteiger partial charge in [-0.2, -0.15) is 0 Å². The highest BCUT2D eigenvalue weighted by Gasteiger charge is 2.37. The average molecular weight is 600 g/mol. The Labute approximate surface area is 251 Å². The molecule has 5 atom stereocenters. The summed E-state index contributed by atoms with van der Waals surface area (Å²) in [6, 6.07) is 2.68. The summed E-state index contributed by atoms with van der Waals surface area (Å²) in [4.78, 5) is 69.2. The van der Waals surface area contributed by atoms with Gasteiger partial charge in [-0.05, 0) is 63.1 Å². The number of aliphatic carboxylic acids is 1. The molecule has 0 spiro atoms. The molecular formula is C30H45N7O6. The molecular weight excluding hydrogens is 554 g/mol. The zero-order chi connectivity index (χ0) is 31.7. The molecule has 9 N–H and O–H groups in total. The lowest BCUT2D eigenvalue weighted by Crippen LogP contribution is -2.58. The summed E-state index contributed by atoms with van der Waals surface area (Å²) >= 11 is 0. The van der Waals surface area contributed by atoms with Crippen molar-refractivity contribution >= 4 is 40.5 Å². The molecule has 0 aliphatic carbocycles. The van der Waals surface area contributed by atoms with Crippen LogP contribution < -0.4 is 27.4 Å². The lowest BCUT2D eigenvalue weighted by Gasteiger charge is -2.28. The number of hydrogen-bond donors (Lipinski definition) is 7. The molecule has 236 valence electrons. The Bertz CT molecular complexity index is 1290. The SMILES string of the molecule is CC(C)[C@H](N)C(=O)N[C@@H](CCCCN)C(=O)N[C@@H](Cc1c[nH]c2ccccc12)C(=O)N[C@@H](C)C(=O)N1CCC[C@H]1C(=O)O. The third-order valence-electron chi connectivity index (χ3n) is 7.88. The Hall–Kier alpha value is -3.97. The van der Waals surface area contributed by atoms with Crippen LogP contribution in [-0.2, 0) is 30.4 Å². The third kappa shape index (κ3) is 8.77. The van der Waals surface area contributed by atoms with Crippen LogP contribution in [0.25, 0.3) is 10.9 Å². The number of fused-ring (bicyclic) bond motifs is 1. The van der Waals surface area contributed by atoms with Crippen LogP contribution in [0.5, 0.6) is 0 Å². The molecule has 43 heavy (non-hydrogen) atoms. The molecule has 1 saturated heterocycles. The van der Waals surface area contributed by atoms with Crippen molar-refractivity contribution in [2.24, 2.45) is 17.4 Å². The second kappa shape index (κ2) is 15.5. The molecule has 2 heterocycles. The molecule has 4 amide bonds. The number of unbranched alkanes of at least 4 members (excludes halogenated alkanes) is 1. The van der Waals surface area contributed by atoms with Gasteiger partial charge in [0.2, 0.25) is 23.6 Å². The van der Waals surface area contributed by atoms with E-state index < -0.39 is 59.8 Å². The van der Waals surface area contributed by atoms with Crippen molar-refractivity contribution in [2.75, 3.05) is 13.1 Å². The minimum Gasteiger partial charge on any atom is -0.480 e. The fourth-order valence-electron chi connectivity index (χ4n) is 5.25. The van der Waals surface area contributed by atoms with E-state index in [0.717, 1.165) is 16.5 Å². The Balaban J connectivity index is 1.83. The Morgan fingerprint density at radius 3 is 2.35 bits per heavy atom. The first-order valence-corrected chi connectivity index (χ1v) is 14.9. The zero-order valence-electron chi connectivity index (χ0n) is 25.1. The zero-order valence-corrected chi connectivity index (χ0v) is 25.1. The van der Waals surface area contributed by atoms with Gasteiger partial charge in [-0.1, -0.05) is 32.0 Å². The van der Waals surface area contributed by atoms with Crippen molar-refractivity contribution in [1.82, 2.24) is 25.8 Å². The van der Waals surface area contributed by atoms with Gasteiger partial charge in [0.15, 0.2) is 0 Å². The van der Waals surface area contributed by atoms with E-state index in [4.69, 9.17) is 11.5 Å². The Morgan fingerprint density at radius 2 is 1.67 bits per heavy atom. The topological polar surface area (TPSA) is 213 Å². The summed E-state index contributed by atoms with van der Waals surface area (Å²) in [6.45, 7) is 5.81. The highest BCUT2D eigenvalue weighted by Crippen LogP contribution is 2.21. The van der Waals surface area contributed by atoms with Crippen LogP contribution in [0.4, 0.5) is 0 Å². The minimum absolute atomic E-state index is 0.0962. The third-order valence-corrected chi connectivity index (χ3v) is 7.88. The normalized spacial score (nSPS) is 17.7. The molecule has 3 rings (SSSR count). The van der Waals surface area contributed by atoms with Gasteiger partial charge in [-0.3, -0.25) is 19.2 Å². The van der Waals surface area contributed by atoms with E-state index in [0.29, 0.717) is 38.6 Å². The number of carboxylic acids is 1. The van der Waals surface area contributed by atoms with Gasteiger partial charge in [-0.15, -0.1) is 0 Å². The first-order valence-electron chi connectivity index (χ1n) is 14.9. The maximum atomic E-state index is 13.6. The molecule has 1 aliphatic rings. The van der Waals surface area contributed by atoms with Gasteiger partial charge in [0.25, 0.3) is 0 Å². The lowest BCUT2D eigenvalue weighted by molar-refractivity contribution is -0.149. The lowest BCUT2D eigenvalue weighted by atomic mass is 10.0. The average Bonchev–Trinajstić information content (AvgIpc) is 3.63. The molecule has 13 heteroatoms. The van der Waals surface area contributed by atoms with Crippen LogP contribution >= 0.6 is 0 Å². The van der Waals surface area contributed by atoms with Crippen LogP contribution in [0, 0.1) is 5.92 Å². The summed E-state index contributed by atoms with van der Waals surface area (Å²) in [5.41, 5.74) is 13.3. The number of carbonyl (C=O) groups excluding carboxylic acids is 4. The van der Waals surface area contributed by atoms with Gasteiger partial charge in [0, 0.05) is 30.1 Å². The molecule has 1 aliphatic heterocycles. The number of rotatable bonds is 15. The van der Waals surface area contributed by atoms with Crippen molar-refractivity contribution < 1.29 is 29.1 Å². The quantitative estimate of drug-likeness (QED) is 0.142. The van der Waals surface area contributed by atoms with Crippen LogP contribution in [0.1, 0.15) is 58.4 Å². The number of aromatic nitrogens is 1. The van der Waals surface area contributed by atoms with Crippen LogP contribution in [0.2, 0.25) is 0 Å². The molecule has 0 unspecified atom stereocenters. The predicted octanol–water partition coefficient (Wildman–Crippen LogP) is 0.373. The summed E-state index contributed by atoms with van der Waals surface area (Å²) in [5.74, 6) is -3.40. The van der Waals surface area contributed by atoms with Crippen molar-refractivity contribution in [3.05, 3.63) is 36.0 Å². The maximum Gasteiger partial charge on any atom is 0.326 e. The van der Waals surface area contributed by atoms with E-state index in [1.54, 1.807) is 20.0 Å². The molecule has 2 aromatic rings. The number of carbonyl (C=O) groups is 5. The van der Waals surface area contributed by atoms with Gasteiger partial charge >= 0.3 is 5.97 Å². The van der Waals surface area contributed by atoms with Crippen molar-refractivity contribution in [3.63, 3.8) is 0 Å². The first kappa shape index (κ1) is 33.5. The predicted molar refractivity (Wildman–Crippen MR) is 162 cm³/mol. The smallest absolute Gasteiger partial charge is 0.326 e. The number of aromatic amines is 1. The Morgan fingerprint density at radius 1 is 1.00 bits per heavy atom. The number of benzene rings is 1. The number of H-pyrrole nitrogens is 1. The molecule has 1 aromatic heterocycles. The highest BCUT2D eigenvalue weighted by molar-refractivity contribution is 5.96. The molecule has 13 nitrogen and oxygen atoms in total. The molecule has 1 fully saturated rings.